The molecule has 2 saturated heterocycles. The molecule has 0 spiro atoms. The molecule has 2 aromatic rings. The maximum atomic E-state index is 13.1. The molecular formula is C24H23INO2Y-. The molecule has 1 radical (unpaired) electrons. The molecule has 1 N–H and O–H groups in total. The Bertz CT molecular complexity index is 921. The van der Waals surface area contributed by atoms with E-state index in [1.165, 1.54) is 5.56 Å². The van der Waals surface area contributed by atoms with Gasteiger partial charge in [0.05, 0.1) is 12.5 Å². The van der Waals surface area contributed by atoms with Gasteiger partial charge in [-0.05, 0) is 59.5 Å². The Labute approximate surface area is 211 Å². The number of aryl methyl sites for hydroxylation is 1. The van der Waals surface area contributed by atoms with E-state index in [1.54, 1.807) is 0 Å². The summed E-state index contributed by atoms with van der Waals surface area (Å²) in [6.07, 6.45) is 8.68. The van der Waals surface area contributed by atoms with E-state index in [4.69, 9.17) is 11.2 Å². The number of fused-ring (bicyclic) bond motifs is 2. The Morgan fingerprint density at radius 2 is 2.17 bits per heavy atom. The van der Waals surface area contributed by atoms with Gasteiger partial charge in [-0.1, -0.05) is 18.9 Å². The maximum Gasteiger partial charge on any atom is 0.310 e. The molecule has 0 amide bonds. The minimum atomic E-state index is -0.166. The van der Waals surface area contributed by atoms with Crippen LogP contribution in [0.5, 0.6) is 0 Å². The molecule has 2 fully saturated rings. The number of carbonyl (C=O) groups excluding carboxylic acids is 1. The largest absolute Gasteiger partial charge is 0.473 e. The zero-order valence-electron chi connectivity index (χ0n) is 16.5. The summed E-state index contributed by atoms with van der Waals surface area (Å²) in [7, 11) is 0. The van der Waals surface area contributed by atoms with Crippen LogP contribution < -0.4 is 5.32 Å². The van der Waals surface area contributed by atoms with Crippen molar-refractivity contribution in [2.24, 2.45) is 5.92 Å². The summed E-state index contributed by atoms with van der Waals surface area (Å²) < 4.78 is 6.81. The van der Waals surface area contributed by atoms with Crippen molar-refractivity contribution >= 4 is 28.6 Å². The van der Waals surface area contributed by atoms with Crippen molar-refractivity contribution in [2.45, 2.75) is 50.8 Å². The van der Waals surface area contributed by atoms with Crippen molar-refractivity contribution in [3.8, 4) is 12.3 Å². The minimum Gasteiger partial charge on any atom is -0.473 e. The second kappa shape index (κ2) is 10.0. The molecule has 3 nitrogen and oxygen atoms in total. The van der Waals surface area contributed by atoms with E-state index >= 15 is 0 Å². The van der Waals surface area contributed by atoms with Crippen LogP contribution in [0.4, 0.5) is 0 Å². The molecule has 29 heavy (non-hydrogen) atoms. The monoisotopic (exact) mass is 573 g/mol. The van der Waals surface area contributed by atoms with Crippen LogP contribution in [0.3, 0.4) is 0 Å². The van der Waals surface area contributed by atoms with Crippen molar-refractivity contribution < 1.29 is 42.2 Å². The third-order valence-electron chi connectivity index (χ3n) is 5.94. The van der Waals surface area contributed by atoms with Gasteiger partial charge >= 0.3 is 5.97 Å². The molecule has 4 rings (SSSR count). The predicted octanol–water partition coefficient (Wildman–Crippen LogP) is 4.35. The van der Waals surface area contributed by atoms with Gasteiger partial charge in [-0.25, -0.2) is 0 Å². The van der Waals surface area contributed by atoms with Crippen LogP contribution in [0, 0.1) is 34.8 Å². The van der Waals surface area contributed by atoms with Crippen LogP contribution in [-0.2, 0) is 48.8 Å². The predicted molar refractivity (Wildman–Crippen MR) is 118 cm³/mol. The summed E-state index contributed by atoms with van der Waals surface area (Å²) in [6.45, 7) is 2.29. The van der Waals surface area contributed by atoms with Gasteiger partial charge in [0.25, 0.3) is 0 Å². The second-order valence-corrected chi connectivity index (χ2v) is 8.95. The SMILES string of the molecule is C#Cc1ccc([C@H]2C[C@H]3CCC(N3)C2C(=O)OCc2c[c-]c(C)cc2)cc1I.[Y]. The number of halogens is 1. The third kappa shape index (κ3) is 5.13. The van der Waals surface area contributed by atoms with Gasteiger partial charge in [0.15, 0.2) is 0 Å². The van der Waals surface area contributed by atoms with E-state index in [9.17, 15) is 4.79 Å². The number of ether oxygens (including phenoxy) is 1. The Kier molecular flexibility index (Phi) is 7.95. The number of carbonyl (C=O) groups is 1. The van der Waals surface area contributed by atoms with Gasteiger partial charge in [-0.3, -0.25) is 4.79 Å². The first kappa shape index (κ1) is 22.9. The Balaban J connectivity index is 0.00000240. The van der Waals surface area contributed by atoms with Gasteiger partial charge in [0, 0.05) is 59.8 Å². The van der Waals surface area contributed by atoms with Crippen LogP contribution in [0.2, 0.25) is 0 Å². The molecule has 2 unspecified atom stereocenters. The van der Waals surface area contributed by atoms with Crippen molar-refractivity contribution in [1.82, 2.24) is 5.32 Å². The number of esters is 1. The molecular weight excluding hydrogens is 550 g/mol. The summed E-state index contributed by atoms with van der Waals surface area (Å²) in [5, 5.41) is 3.62. The Hall–Kier alpha value is -0.736. The van der Waals surface area contributed by atoms with Crippen LogP contribution in [-0.4, -0.2) is 18.1 Å². The molecule has 0 aliphatic carbocycles. The van der Waals surface area contributed by atoms with E-state index in [1.807, 2.05) is 31.2 Å². The zero-order valence-corrected chi connectivity index (χ0v) is 21.4. The number of nitrogens with one attached hydrogen (secondary N) is 1. The third-order valence-corrected chi connectivity index (χ3v) is 6.84. The fourth-order valence-electron chi connectivity index (χ4n) is 4.48. The summed E-state index contributed by atoms with van der Waals surface area (Å²) in [6, 6.07) is 15.9. The Morgan fingerprint density at radius 3 is 2.86 bits per heavy atom. The van der Waals surface area contributed by atoms with Crippen molar-refractivity contribution in [3.05, 3.63) is 68.3 Å². The molecule has 0 aromatic heterocycles. The average molecular weight is 573 g/mol. The molecule has 4 atom stereocenters. The summed E-state index contributed by atoms with van der Waals surface area (Å²) >= 11 is 2.28. The van der Waals surface area contributed by atoms with Gasteiger partial charge < -0.3 is 10.1 Å². The first-order valence-corrected chi connectivity index (χ1v) is 10.8. The van der Waals surface area contributed by atoms with Crippen molar-refractivity contribution in [1.29, 1.82) is 0 Å². The smallest absolute Gasteiger partial charge is 0.310 e. The van der Waals surface area contributed by atoms with Crippen LogP contribution in [0.15, 0.2) is 36.4 Å². The first-order valence-electron chi connectivity index (χ1n) is 9.71. The zero-order chi connectivity index (χ0) is 19.7. The average Bonchev–Trinajstić information content (AvgIpc) is 3.08. The van der Waals surface area contributed by atoms with Crippen LogP contribution >= 0.6 is 22.6 Å². The van der Waals surface area contributed by atoms with Gasteiger partial charge in [-0.15, -0.1) is 12.0 Å². The Morgan fingerprint density at radius 1 is 1.34 bits per heavy atom. The van der Waals surface area contributed by atoms with Crippen molar-refractivity contribution in [3.63, 3.8) is 0 Å². The van der Waals surface area contributed by atoms with Crippen LogP contribution in [0.1, 0.15) is 47.4 Å². The minimum absolute atomic E-state index is 0. The molecule has 2 aliphatic heterocycles. The number of terminal acetylenes is 1. The number of hydrogen-bond donors (Lipinski definition) is 1. The van der Waals surface area contributed by atoms with Crippen LogP contribution in [0.25, 0.3) is 0 Å². The number of benzene rings is 2. The second-order valence-electron chi connectivity index (χ2n) is 7.79. The summed E-state index contributed by atoms with van der Waals surface area (Å²) in [4.78, 5) is 13.1. The number of hydrogen-bond acceptors (Lipinski definition) is 3. The quantitative estimate of drug-likeness (QED) is 0.256. The van der Waals surface area contributed by atoms with E-state index in [0.29, 0.717) is 12.6 Å². The topological polar surface area (TPSA) is 38.3 Å². The molecule has 2 aromatic carbocycles. The van der Waals surface area contributed by atoms with Gasteiger partial charge in [0.1, 0.15) is 0 Å². The molecule has 2 bridgehead atoms. The maximum absolute atomic E-state index is 13.1. The molecule has 2 aliphatic rings. The van der Waals surface area contributed by atoms with Gasteiger partial charge in [0.2, 0.25) is 0 Å². The standard InChI is InChI=1S/C24H23INO2.Y/c1-3-17-8-9-18(12-21(17)25)20-13-19-10-11-22(26-19)23(20)24(27)28-14-16-6-4-15(2)5-7-16;/h1,4,6-9,12,19-20,22-23,26H,10-11,13-14H2,2H3;/q-1;/t19-,20-,22?,23?;/m1./s1. The first-order chi connectivity index (χ1) is 13.5. The van der Waals surface area contributed by atoms with E-state index in [-0.39, 0.29) is 56.6 Å². The number of piperidine rings is 1. The summed E-state index contributed by atoms with van der Waals surface area (Å²) in [5.74, 6) is 2.60. The van der Waals surface area contributed by atoms with E-state index < -0.39 is 0 Å². The normalized spacial score (nSPS) is 25.0. The molecule has 147 valence electrons. The molecule has 0 saturated carbocycles. The van der Waals surface area contributed by atoms with E-state index in [0.717, 1.165) is 39.5 Å². The van der Waals surface area contributed by atoms with E-state index in [2.05, 4.69) is 52.0 Å². The summed E-state index contributed by atoms with van der Waals surface area (Å²) in [5.41, 5.74) is 4.13. The molecule has 5 heteroatoms. The fourth-order valence-corrected chi connectivity index (χ4v) is 5.17. The fraction of sp³-hybridized carbons (Fsp3) is 0.375. The number of rotatable bonds is 4. The van der Waals surface area contributed by atoms with Gasteiger partial charge in [-0.2, -0.15) is 29.8 Å². The molecule has 2 heterocycles. The van der Waals surface area contributed by atoms with Crippen molar-refractivity contribution in [2.75, 3.05) is 0 Å².